The van der Waals surface area contributed by atoms with Crippen molar-refractivity contribution in [2.24, 2.45) is 11.7 Å². The lowest BCUT2D eigenvalue weighted by Gasteiger charge is -2.35. The zero-order valence-corrected chi connectivity index (χ0v) is 12.1. The van der Waals surface area contributed by atoms with Crippen LogP contribution in [-0.4, -0.2) is 11.3 Å². The molecule has 1 saturated carbocycles. The van der Waals surface area contributed by atoms with Crippen LogP contribution in [0.1, 0.15) is 50.7 Å². The number of hydrogen-bond acceptors (Lipinski definition) is 2. The first-order valence-electron chi connectivity index (χ1n) is 7.43. The fourth-order valence-corrected chi connectivity index (χ4v) is 3.10. The van der Waals surface area contributed by atoms with Crippen LogP contribution in [-0.2, 0) is 17.6 Å². The minimum atomic E-state index is -0.582. The van der Waals surface area contributed by atoms with Crippen LogP contribution in [0.2, 0.25) is 0 Å². The molecular weight excluding hydrogens is 234 g/mol. The predicted octanol–water partition coefficient (Wildman–Crippen LogP) is 3.27. The van der Waals surface area contributed by atoms with Gasteiger partial charge in [-0.25, -0.2) is 0 Å². The van der Waals surface area contributed by atoms with E-state index in [-0.39, 0.29) is 5.78 Å². The highest BCUT2D eigenvalue weighted by Crippen LogP contribution is 2.31. The van der Waals surface area contributed by atoms with Gasteiger partial charge in [0.05, 0.1) is 5.54 Å². The Morgan fingerprint density at radius 3 is 2.53 bits per heavy atom. The van der Waals surface area contributed by atoms with Crippen LogP contribution in [0.25, 0.3) is 0 Å². The standard InChI is InChI=1S/C17H25NO/c1-3-14-6-8-15(9-7-14)11-16(19)17(18)10-4-5-13(2)12-17/h6-9,13H,3-5,10-12,18H2,1-2H3. The molecule has 0 radical (unpaired) electrons. The third-order valence-electron chi connectivity index (χ3n) is 4.38. The summed E-state index contributed by atoms with van der Waals surface area (Å²) >= 11 is 0. The zero-order chi connectivity index (χ0) is 13.9. The van der Waals surface area contributed by atoms with Gasteiger partial charge in [0.1, 0.15) is 0 Å². The molecule has 2 unspecified atom stereocenters. The lowest BCUT2D eigenvalue weighted by atomic mass is 9.73. The van der Waals surface area contributed by atoms with Crippen LogP contribution in [0.15, 0.2) is 24.3 Å². The van der Waals surface area contributed by atoms with Gasteiger partial charge in [0.15, 0.2) is 5.78 Å². The number of carbonyl (C=O) groups is 1. The van der Waals surface area contributed by atoms with E-state index < -0.39 is 5.54 Å². The third kappa shape index (κ3) is 3.44. The second-order valence-electron chi connectivity index (χ2n) is 6.13. The van der Waals surface area contributed by atoms with Gasteiger partial charge in [0.25, 0.3) is 0 Å². The van der Waals surface area contributed by atoms with Crippen LogP contribution in [0.4, 0.5) is 0 Å². The minimum Gasteiger partial charge on any atom is -0.319 e. The molecule has 2 rings (SSSR count). The first kappa shape index (κ1) is 14.3. The Kier molecular flexibility index (Phi) is 4.41. The molecule has 1 aromatic carbocycles. The SMILES string of the molecule is CCc1ccc(CC(=O)C2(N)CCCC(C)C2)cc1. The summed E-state index contributed by atoms with van der Waals surface area (Å²) in [6.45, 7) is 4.34. The quantitative estimate of drug-likeness (QED) is 0.901. The van der Waals surface area contributed by atoms with Gasteiger partial charge in [0.2, 0.25) is 0 Å². The molecule has 0 aliphatic heterocycles. The van der Waals surface area contributed by atoms with Crippen molar-refractivity contribution in [3.05, 3.63) is 35.4 Å². The molecule has 0 heterocycles. The summed E-state index contributed by atoms with van der Waals surface area (Å²) in [5, 5.41) is 0. The lowest BCUT2D eigenvalue weighted by Crippen LogP contribution is -2.51. The minimum absolute atomic E-state index is 0.211. The van der Waals surface area contributed by atoms with Crippen molar-refractivity contribution >= 4 is 5.78 Å². The highest BCUT2D eigenvalue weighted by Gasteiger charge is 2.37. The molecule has 2 atom stereocenters. The molecule has 2 nitrogen and oxygen atoms in total. The van der Waals surface area contributed by atoms with Crippen molar-refractivity contribution in [1.29, 1.82) is 0 Å². The number of ketones is 1. The van der Waals surface area contributed by atoms with Gasteiger partial charge >= 0.3 is 0 Å². The first-order chi connectivity index (χ1) is 9.03. The highest BCUT2D eigenvalue weighted by atomic mass is 16.1. The summed E-state index contributed by atoms with van der Waals surface area (Å²) in [6.07, 6.45) is 5.50. The number of nitrogens with two attached hydrogens (primary N) is 1. The summed E-state index contributed by atoms with van der Waals surface area (Å²) < 4.78 is 0. The van der Waals surface area contributed by atoms with Gasteiger partial charge in [-0.05, 0) is 36.3 Å². The Labute approximate surface area is 116 Å². The molecule has 0 spiro atoms. The molecule has 0 amide bonds. The van der Waals surface area contributed by atoms with Crippen molar-refractivity contribution in [1.82, 2.24) is 0 Å². The van der Waals surface area contributed by atoms with Crippen molar-refractivity contribution in [2.75, 3.05) is 0 Å². The Morgan fingerprint density at radius 2 is 1.95 bits per heavy atom. The van der Waals surface area contributed by atoms with Gasteiger partial charge in [-0.2, -0.15) is 0 Å². The summed E-state index contributed by atoms with van der Waals surface area (Å²) in [7, 11) is 0. The molecule has 0 bridgehead atoms. The smallest absolute Gasteiger partial charge is 0.157 e. The average molecular weight is 259 g/mol. The Balaban J connectivity index is 2.03. The van der Waals surface area contributed by atoms with E-state index in [2.05, 4.69) is 38.1 Å². The maximum Gasteiger partial charge on any atom is 0.157 e. The van der Waals surface area contributed by atoms with E-state index in [4.69, 9.17) is 5.73 Å². The summed E-state index contributed by atoms with van der Waals surface area (Å²) in [5.74, 6) is 0.786. The van der Waals surface area contributed by atoms with E-state index >= 15 is 0 Å². The van der Waals surface area contributed by atoms with Crippen molar-refractivity contribution in [3.8, 4) is 0 Å². The van der Waals surface area contributed by atoms with E-state index in [0.717, 1.165) is 31.2 Å². The second kappa shape index (κ2) is 5.87. The molecule has 2 N–H and O–H groups in total. The number of Topliss-reactive ketones (excluding diaryl/α,β-unsaturated/α-hetero) is 1. The molecule has 2 heteroatoms. The molecule has 0 saturated heterocycles. The van der Waals surface area contributed by atoms with Crippen LogP contribution < -0.4 is 5.73 Å². The molecule has 19 heavy (non-hydrogen) atoms. The molecule has 1 aliphatic carbocycles. The van der Waals surface area contributed by atoms with Crippen molar-refractivity contribution in [2.45, 2.75) is 57.9 Å². The Hall–Kier alpha value is -1.15. The Bertz CT molecular complexity index is 437. The lowest BCUT2D eigenvalue weighted by molar-refractivity contribution is -0.125. The van der Waals surface area contributed by atoms with Crippen LogP contribution in [0.5, 0.6) is 0 Å². The van der Waals surface area contributed by atoms with Gasteiger partial charge in [-0.1, -0.05) is 51.0 Å². The van der Waals surface area contributed by atoms with Crippen LogP contribution in [0, 0.1) is 5.92 Å². The van der Waals surface area contributed by atoms with E-state index in [1.165, 1.54) is 12.0 Å². The number of hydrogen-bond donors (Lipinski definition) is 1. The molecule has 1 fully saturated rings. The number of rotatable bonds is 4. The van der Waals surface area contributed by atoms with Crippen molar-refractivity contribution < 1.29 is 4.79 Å². The normalized spacial score (nSPS) is 27.2. The first-order valence-corrected chi connectivity index (χ1v) is 7.43. The van der Waals surface area contributed by atoms with E-state index in [1.54, 1.807) is 0 Å². The third-order valence-corrected chi connectivity index (χ3v) is 4.38. The highest BCUT2D eigenvalue weighted by molar-refractivity contribution is 5.90. The molecule has 0 aromatic heterocycles. The van der Waals surface area contributed by atoms with Crippen LogP contribution >= 0.6 is 0 Å². The van der Waals surface area contributed by atoms with E-state index in [1.807, 2.05) is 0 Å². The van der Waals surface area contributed by atoms with Crippen molar-refractivity contribution in [3.63, 3.8) is 0 Å². The van der Waals surface area contributed by atoms with Gasteiger partial charge in [-0.15, -0.1) is 0 Å². The molecule has 104 valence electrons. The second-order valence-corrected chi connectivity index (χ2v) is 6.13. The largest absolute Gasteiger partial charge is 0.319 e. The number of benzene rings is 1. The summed E-state index contributed by atoms with van der Waals surface area (Å²) in [4.78, 5) is 12.5. The van der Waals surface area contributed by atoms with E-state index in [9.17, 15) is 4.79 Å². The van der Waals surface area contributed by atoms with Gasteiger partial charge in [0, 0.05) is 6.42 Å². The van der Waals surface area contributed by atoms with Crippen LogP contribution in [0.3, 0.4) is 0 Å². The number of aryl methyl sites for hydroxylation is 1. The average Bonchev–Trinajstić information content (AvgIpc) is 2.39. The monoisotopic (exact) mass is 259 g/mol. The summed E-state index contributed by atoms with van der Waals surface area (Å²) in [6, 6.07) is 8.34. The fraction of sp³-hybridized carbons (Fsp3) is 0.588. The maximum absolute atomic E-state index is 12.5. The molecular formula is C17H25NO. The zero-order valence-electron chi connectivity index (χ0n) is 12.1. The predicted molar refractivity (Wildman–Crippen MR) is 79.1 cm³/mol. The van der Waals surface area contributed by atoms with E-state index in [0.29, 0.717) is 12.3 Å². The Morgan fingerprint density at radius 1 is 1.32 bits per heavy atom. The maximum atomic E-state index is 12.5. The number of carbonyl (C=O) groups excluding carboxylic acids is 1. The fourth-order valence-electron chi connectivity index (χ4n) is 3.10. The van der Waals surface area contributed by atoms with Gasteiger partial charge < -0.3 is 5.73 Å². The molecule has 1 aromatic rings. The topological polar surface area (TPSA) is 43.1 Å². The van der Waals surface area contributed by atoms with Gasteiger partial charge in [-0.3, -0.25) is 4.79 Å². The molecule has 1 aliphatic rings. The summed E-state index contributed by atoms with van der Waals surface area (Å²) in [5.41, 5.74) is 8.16.